The van der Waals surface area contributed by atoms with Crippen LogP contribution in [0.4, 0.5) is 13.2 Å². The van der Waals surface area contributed by atoms with Crippen molar-refractivity contribution in [1.29, 1.82) is 0 Å². The van der Waals surface area contributed by atoms with Gasteiger partial charge in [0.05, 0.1) is 5.52 Å². The van der Waals surface area contributed by atoms with Crippen LogP contribution in [-0.4, -0.2) is 9.78 Å². The molecule has 0 fully saturated rings. The van der Waals surface area contributed by atoms with E-state index in [2.05, 4.69) is 5.10 Å². The molecule has 0 aliphatic heterocycles. The second-order valence-electron chi connectivity index (χ2n) is 2.55. The number of hydrogen-bond donors (Lipinski definition) is 1. The van der Waals surface area contributed by atoms with Crippen LogP contribution in [0, 0.1) is 17.5 Å². The van der Waals surface area contributed by atoms with Gasteiger partial charge in [0.1, 0.15) is 5.52 Å². The fraction of sp³-hybridized carbons (Fsp3) is 0.143. The number of nitrogens with one attached hydrogen (secondary N) is 1. The first kappa shape index (κ1) is 7.27. The Morgan fingerprint density at radius 1 is 1.25 bits per heavy atom. The number of aromatic nitrogens is 2. The molecule has 0 spiro atoms. The number of H-pyrrole nitrogens is 1. The number of rotatable bonds is 0. The lowest BCUT2D eigenvalue weighted by atomic mass is 10.2. The maximum atomic E-state index is 12.8. The van der Waals surface area contributed by atoms with Crippen molar-refractivity contribution in [2.75, 3.05) is 0 Å². The molecule has 1 heterocycles. The summed E-state index contributed by atoms with van der Waals surface area (Å²) in [7, 11) is 1.58. The van der Waals surface area contributed by atoms with Crippen LogP contribution in [0.3, 0.4) is 0 Å². The third-order valence-electron chi connectivity index (χ3n) is 1.78. The average molecular weight is 174 g/mol. The molecule has 1 aromatic carbocycles. The minimum absolute atomic E-state index is 0.0106. The zero-order chi connectivity index (χ0) is 8.88. The van der Waals surface area contributed by atoms with Gasteiger partial charge in [0.25, 0.3) is 0 Å². The lowest BCUT2D eigenvalue weighted by molar-refractivity contribution is 0.448. The molecule has 0 aliphatic carbocycles. The number of benzene rings is 1. The molecule has 0 saturated carbocycles. The van der Waals surface area contributed by atoms with Gasteiger partial charge < -0.3 is 0 Å². The van der Waals surface area contributed by atoms with Gasteiger partial charge in [-0.25, -0.2) is 13.2 Å². The first-order valence-corrected chi connectivity index (χ1v) is 3.29. The molecule has 2 rings (SSSR count). The van der Waals surface area contributed by atoms with E-state index in [4.69, 9.17) is 0 Å². The maximum Gasteiger partial charge on any atom is 0.196 e. The second-order valence-corrected chi connectivity index (χ2v) is 2.55. The number of halogens is 3. The predicted molar refractivity (Wildman–Crippen MR) is 37.1 cm³/mol. The summed E-state index contributed by atoms with van der Waals surface area (Å²) in [4.78, 5) is 0. The number of nitrogens with zero attached hydrogens (tertiary/aromatic N) is 1. The lowest BCUT2D eigenvalue weighted by Crippen LogP contribution is -2.09. The third-order valence-corrected chi connectivity index (χ3v) is 1.78. The van der Waals surface area contributed by atoms with Crippen molar-refractivity contribution in [2.45, 2.75) is 0 Å². The van der Waals surface area contributed by atoms with Crippen molar-refractivity contribution >= 4 is 11.0 Å². The summed E-state index contributed by atoms with van der Waals surface area (Å²) >= 11 is 0. The van der Waals surface area contributed by atoms with Crippen molar-refractivity contribution in [3.05, 3.63) is 23.5 Å². The van der Waals surface area contributed by atoms with E-state index in [1.54, 1.807) is 7.05 Å². The summed E-state index contributed by atoms with van der Waals surface area (Å²) in [5.41, 5.74) is 0.336. The fourth-order valence-corrected chi connectivity index (χ4v) is 1.13. The van der Waals surface area contributed by atoms with Crippen LogP contribution in [0.1, 0.15) is 0 Å². The van der Waals surface area contributed by atoms with Gasteiger partial charge in [0.15, 0.2) is 17.5 Å². The van der Waals surface area contributed by atoms with E-state index in [9.17, 15) is 13.2 Å². The van der Waals surface area contributed by atoms with Crippen LogP contribution in [0.15, 0.2) is 6.07 Å². The number of aromatic amines is 1. The van der Waals surface area contributed by atoms with Gasteiger partial charge in [-0.2, -0.15) is 0 Å². The molecule has 5 heteroatoms. The van der Waals surface area contributed by atoms with E-state index in [-0.39, 0.29) is 5.52 Å². The normalized spacial score (nSPS) is 11.3. The summed E-state index contributed by atoms with van der Waals surface area (Å²) in [6.45, 7) is 0. The molecule has 0 radical (unpaired) electrons. The summed E-state index contributed by atoms with van der Waals surface area (Å²) in [5, 5.41) is 2.47. The minimum atomic E-state index is -1.44. The molecular formula is C7H5F3N2. The van der Waals surface area contributed by atoms with Gasteiger partial charge >= 0.3 is 0 Å². The molecule has 0 atom stereocenters. The van der Waals surface area contributed by atoms with Crippen LogP contribution >= 0.6 is 0 Å². The average Bonchev–Trinajstić information content (AvgIpc) is 2.05. The van der Waals surface area contributed by atoms with Gasteiger partial charge in [-0.15, -0.1) is 0 Å². The predicted octanol–water partition coefficient (Wildman–Crippen LogP) is 1.92. The van der Waals surface area contributed by atoms with E-state index in [0.29, 0.717) is 5.52 Å². The zero-order valence-corrected chi connectivity index (χ0v) is 6.16. The molecule has 0 amide bonds. The van der Waals surface area contributed by atoms with E-state index in [0.717, 1.165) is 6.07 Å². The Morgan fingerprint density at radius 2 is 1.92 bits per heavy atom. The van der Waals surface area contributed by atoms with Crippen molar-refractivity contribution in [1.82, 2.24) is 9.78 Å². The van der Waals surface area contributed by atoms with Gasteiger partial charge in [0, 0.05) is 13.1 Å². The first-order chi connectivity index (χ1) is 5.61. The molecule has 1 aromatic heterocycles. The van der Waals surface area contributed by atoms with Gasteiger partial charge in [0.2, 0.25) is 0 Å². The highest BCUT2D eigenvalue weighted by molar-refractivity contribution is 5.77. The molecule has 0 aliphatic rings. The molecular weight excluding hydrogens is 169 g/mol. The Hall–Kier alpha value is -1.39. The smallest absolute Gasteiger partial charge is 0.196 e. The lowest BCUT2D eigenvalue weighted by Gasteiger charge is -2.12. The molecule has 1 N–H and O–H groups in total. The number of aryl methyl sites for hydroxylation is 1. The van der Waals surface area contributed by atoms with E-state index >= 15 is 0 Å². The Kier molecular flexibility index (Phi) is 1.25. The Bertz CT molecular complexity index is 441. The van der Waals surface area contributed by atoms with Crippen LogP contribution in [-0.2, 0) is 7.05 Å². The standard InChI is InChI=1S/C7H5F3N2/c1-12-4-2-3(8)5(9)6(10)7(4)11-12/h2,11H,1H3. The summed E-state index contributed by atoms with van der Waals surface area (Å²) in [5.74, 6) is -3.77. The first-order valence-electron chi connectivity index (χ1n) is 3.29. The topological polar surface area (TPSA) is 20.7 Å². The summed E-state index contributed by atoms with van der Waals surface area (Å²) in [6.07, 6.45) is 0. The Morgan fingerprint density at radius 3 is 2.50 bits per heavy atom. The zero-order valence-electron chi connectivity index (χ0n) is 6.16. The maximum absolute atomic E-state index is 12.8. The summed E-state index contributed by atoms with van der Waals surface area (Å²) in [6, 6.07) is 0.949. The van der Waals surface area contributed by atoms with E-state index in [1.807, 2.05) is 0 Å². The van der Waals surface area contributed by atoms with Gasteiger partial charge in [-0.05, 0) is 0 Å². The SMILES string of the molecule is Cn1[nH]c2c(F)c(F)c(F)cc21. The summed E-state index contributed by atoms with van der Waals surface area (Å²) < 4.78 is 39.3. The monoisotopic (exact) mass is 174 g/mol. The molecule has 2 aromatic rings. The van der Waals surface area contributed by atoms with Crippen molar-refractivity contribution in [3.63, 3.8) is 0 Å². The van der Waals surface area contributed by atoms with E-state index in [1.165, 1.54) is 4.68 Å². The molecule has 0 saturated heterocycles. The molecule has 0 unspecified atom stereocenters. The largest absolute Gasteiger partial charge is 0.294 e. The fourth-order valence-electron chi connectivity index (χ4n) is 1.13. The highest BCUT2D eigenvalue weighted by Gasteiger charge is 2.17. The molecule has 0 bridgehead atoms. The quantitative estimate of drug-likeness (QED) is 0.589. The highest BCUT2D eigenvalue weighted by atomic mass is 19.2. The molecule has 12 heavy (non-hydrogen) atoms. The van der Waals surface area contributed by atoms with Crippen molar-refractivity contribution < 1.29 is 13.2 Å². The van der Waals surface area contributed by atoms with Gasteiger partial charge in [-0.1, -0.05) is 0 Å². The van der Waals surface area contributed by atoms with Crippen LogP contribution in [0.25, 0.3) is 11.0 Å². The molecule has 2 nitrogen and oxygen atoms in total. The van der Waals surface area contributed by atoms with Crippen LogP contribution < -0.4 is 0 Å². The number of fused-ring (bicyclic) bond motifs is 1. The van der Waals surface area contributed by atoms with E-state index < -0.39 is 17.5 Å². The Labute approximate surface area is 65.6 Å². The minimum Gasteiger partial charge on any atom is -0.294 e. The molecule has 64 valence electrons. The van der Waals surface area contributed by atoms with Crippen molar-refractivity contribution in [2.24, 2.45) is 7.05 Å². The Balaban J connectivity index is 2.84. The van der Waals surface area contributed by atoms with Gasteiger partial charge in [-0.3, -0.25) is 9.78 Å². The second kappa shape index (κ2) is 2.06. The van der Waals surface area contributed by atoms with Crippen LogP contribution in [0.5, 0.6) is 0 Å². The number of hydrogen-bond acceptors (Lipinski definition) is 0. The van der Waals surface area contributed by atoms with Crippen molar-refractivity contribution in [3.8, 4) is 0 Å². The third kappa shape index (κ3) is 0.704. The highest BCUT2D eigenvalue weighted by Crippen LogP contribution is 2.22. The van der Waals surface area contributed by atoms with Crippen LogP contribution in [0.2, 0.25) is 0 Å².